The largest absolute Gasteiger partial charge is 0.350 e. The average molecular weight is 295 g/mol. The molecule has 0 fully saturated rings. The van der Waals surface area contributed by atoms with Crippen molar-refractivity contribution in [3.8, 4) is 0 Å². The Kier molecular flexibility index (Phi) is 4.31. The first kappa shape index (κ1) is 14.0. The van der Waals surface area contributed by atoms with E-state index in [1.54, 1.807) is 23.1 Å². The molecule has 1 amide bonds. The first-order valence-electron chi connectivity index (χ1n) is 5.78. The summed E-state index contributed by atoms with van der Waals surface area (Å²) in [5, 5.41) is 17.2. The molecule has 104 valence electrons. The molecule has 0 radical (unpaired) electrons. The monoisotopic (exact) mass is 294 g/mol. The number of nitro benzene ring substituents is 1. The molecule has 2 rings (SSSR count). The molecule has 0 aliphatic heterocycles. The van der Waals surface area contributed by atoms with Crippen LogP contribution >= 0.6 is 11.6 Å². The van der Waals surface area contributed by atoms with Crippen LogP contribution in [0.5, 0.6) is 0 Å². The molecule has 0 spiro atoms. The molecule has 0 aliphatic rings. The molecule has 0 unspecified atom stereocenters. The predicted octanol–water partition coefficient (Wildman–Crippen LogP) is 1.87. The third-order valence-corrected chi connectivity index (χ3v) is 3.00. The highest BCUT2D eigenvalue weighted by Gasteiger charge is 2.19. The van der Waals surface area contributed by atoms with Gasteiger partial charge in [-0.05, 0) is 12.1 Å². The standard InChI is InChI=1S/C12H11ClN4O3/c13-11-9(3-1-4-10(11)17(19)20)12(18)14-6-8-16-7-2-5-15-16/h1-5,7H,6,8H2,(H,14,18). The molecule has 0 saturated heterocycles. The number of carbonyl (C=O) groups is 1. The topological polar surface area (TPSA) is 90.1 Å². The lowest BCUT2D eigenvalue weighted by molar-refractivity contribution is -0.384. The van der Waals surface area contributed by atoms with Crippen molar-refractivity contribution in [2.75, 3.05) is 6.54 Å². The molecule has 0 atom stereocenters. The van der Waals surface area contributed by atoms with E-state index in [0.29, 0.717) is 13.1 Å². The number of aromatic nitrogens is 2. The zero-order valence-corrected chi connectivity index (χ0v) is 11.1. The van der Waals surface area contributed by atoms with Crippen LogP contribution in [0.1, 0.15) is 10.4 Å². The summed E-state index contributed by atoms with van der Waals surface area (Å²) in [5.41, 5.74) is -0.201. The normalized spacial score (nSPS) is 10.2. The van der Waals surface area contributed by atoms with Gasteiger partial charge in [0.2, 0.25) is 0 Å². The van der Waals surface area contributed by atoms with Crippen molar-refractivity contribution in [2.45, 2.75) is 6.54 Å². The number of nitrogens with one attached hydrogen (secondary N) is 1. The lowest BCUT2D eigenvalue weighted by Crippen LogP contribution is -2.27. The van der Waals surface area contributed by atoms with Crippen molar-refractivity contribution < 1.29 is 9.72 Å². The second-order valence-corrected chi connectivity index (χ2v) is 4.30. The third-order valence-electron chi connectivity index (χ3n) is 2.61. The lowest BCUT2D eigenvalue weighted by Gasteiger charge is -2.07. The van der Waals surface area contributed by atoms with E-state index in [0.717, 1.165) is 0 Å². The predicted molar refractivity (Wildman–Crippen MR) is 72.7 cm³/mol. The molecule has 0 saturated carbocycles. The number of hydrogen-bond donors (Lipinski definition) is 1. The number of rotatable bonds is 5. The van der Waals surface area contributed by atoms with Gasteiger partial charge in [0.15, 0.2) is 0 Å². The number of carbonyl (C=O) groups excluding carboxylic acids is 1. The van der Waals surface area contributed by atoms with Gasteiger partial charge in [-0.25, -0.2) is 0 Å². The van der Waals surface area contributed by atoms with Crippen molar-refractivity contribution in [2.24, 2.45) is 0 Å². The van der Waals surface area contributed by atoms with Gasteiger partial charge in [-0.2, -0.15) is 5.10 Å². The van der Waals surface area contributed by atoms with E-state index in [-0.39, 0.29) is 16.3 Å². The molecule has 1 aromatic carbocycles. The molecular formula is C12H11ClN4O3. The summed E-state index contributed by atoms with van der Waals surface area (Å²) in [5.74, 6) is -0.453. The summed E-state index contributed by atoms with van der Waals surface area (Å²) in [6.45, 7) is 0.852. The maximum absolute atomic E-state index is 11.9. The minimum Gasteiger partial charge on any atom is -0.350 e. The summed E-state index contributed by atoms with van der Waals surface area (Å²) in [6.07, 6.45) is 3.41. The number of nitrogens with zero attached hydrogens (tertiary/aromatic N) is 3. The fourth-order valence-electron chi connectivity index (χ4n) is 1.65. The number of hydrogen-bond acceptors (Lipinski definition) is 4. The Morgan fingerprint density at radius 1 is 1.45 bits per heavy atom. The van der Waals surface area contributed by atoms with Gasteiger partial charge in [0.05, 0.1) is 17.0 Å². The molecule has 20 heavy (non-hydrogen) atoms. The van der Waals surface area contributed by atoms with Crippen LogP contribution < -0.4 is 5.32 Å². The third kappa shape index (κ3) is 3.12. The number of amides is 1. The molecule has 8 heteroatoms. The van der Waals surface area contributed by atoms with Crippen molar-refractivity contribution in [3.05, 3.63) is 57.4 Å². The zero-order valence-electron chi connectivity index (χ0n) is 10.3. The summed E-state index contributed by atoms with van der Waals surface area (Å²) in [7, 11) is 0. The van der Waals surface area contributed by atoms with Gasteiger partial charge in [0.1, 0.15) is 5.02 Å². The van der Waals surface area contributed by atoms with Gasteiger partial charge >= 0.3 is 0 Å². The van der Waals surface area contributed by atoms with Gasteiger partial charge in [-0.1, -0.05) is 17.7 Å². The van der Waals surface area contributed by atoms with Crippen LogP contribution in [0.25, 0.3) is 0 Å². The van der Waals surface area contributed by atoms with Crippen molar-refractivity contribution >= 4 is 23.2 Å². The summed E-state index contributed by atoms with van der Waals surface area (Å²) >= 11 is 5.86. The van der Waals surface area contributed by atoms with E-state index in [2.05, 4.69) is 10.4 Å². The van der Waals surface area contributed by atoms with Crippen molar-refractivity contribution in [1.29, 1.82) is 0 Å². The molecular weight excluding hydrogens is 284 g/mol. The smallest absolute Gasteiger partial charge is 0.288 e. The van der Waals surface area contributed by atoms with Crippen LogP contribution in [0, 0.1) is 10.1 Å². The van der Waals surface area contributed by atoms with Gasteiger partial charge in [-0.3, -0.25) is 19.6 Å². The summed E-state index contributed by atoms with van der Waals surface area (Å²) < 4.78 is 1.66. The summed E-state index contributed by atoms with van der Waals surface area (Å²) in [6, 6.07) is 5.90. The molecule has 7 nitrogen and oxygen atoms in total. The van der Waals surface area contributed by atoms with Gasteiger partial charge < -0.3 is 5.32 Å². The number of benzene rings is 1. The number of halogens is 1. The Morgan fingerprint density at radius 3 is 2.90 bits per heavy atom. The van der Waals surface area contributed by atoms with E-state index in [1.807, 2.05) is 0 Å². The Morgan fingerprint density at radius 2 is 2.25 bits per heavy atom. The molecule has 2 aromatic rings. The molecule has 1 aromatic heterocycles. The fourth-order valence-corrected chi connectivity index (χ4v) is 1.93. The maximum atomic E-state index is 11.9. The van der Waals surface area contributed by atoms with Crippen molar-refractivity contribution in [1.82, 2.24) is 15.1 Å². The Hall–Kier alpha value is -2.41. The van der Waals surface area contributed by atoms with E-state index in [9.17, 15) is 14.9 Å². The Balaban J connectivity index is 2.02. The highest BCUT2D eigenvalue weighted by atomic mass is 35.5. The van der Waals surface area contributed by atoms with Crippen LogP contribution in [-0.4, -0.2) is 27.2 Å². The van der Waals surface area contributed by atoms with Gasteiger partial charge in [0.25, 0.3) is 11.6 Å². The summed E-state index contributed by atoms with van der Waals surface area (Å²) in [4.78, 5) is 22.0. The highest BCUT2D eigenvalue weighted by Crippen LogP contribution is 2.27. The van der Waals surface area contributed by atoms with Gasteiger partial charge in [0, 0.05) is 25.0 Å². The van der Waals surface area contributed by atoms with Crippen LogP contribution in [0.15, 0.2) is 36.7 Å². The van der Waals surface area contributed by atoms with Crippen LogP contribution in [0.2, 0.25) is 5.02 Å². The molecule has 1 N–H and O–H groups in total. The SMILES string of the molecule is O=C(NCCn1cccn1)c1cccc([N+](=O)[O-])c1Cl. The van der Waals surface area contributed by atoms with Crippen LogP contribution in [0.4, 0.5) is 5.69 Å². The molecule has 0 aliphatic carbocycles. The Labute approximate surface area is 119 Å². The second-order valence-electron chi connectivity index (χ2n) is 3.92. The molecule has 1 heterocycles. The van der Waals surface area contributed by atoms with Crippen molar-refractivity contribution in [3.63, 3.8) is 0 Å². The van der Waals surface area contributed by atoms with Crippen LogP contribution in [0.3, 0.4) is 0 Å². The quantitative estimate of drug-likeness (QED) is 0.673. The Bertz CT molecular complexity index is 628. The minimum absolute atomic E-state index is 0.0846. The first-order chi connectivity index (χ1) is 9.59. The lowest BCUT2D eigenvalue weighted by atomic mass is 10.2. The van der Waals surface area contributed by atoms with E-state index >= 15 is 0 Å². The van der Waals surface area contributed by atoms with E-state index < -0.39 is 10.8 Å². The first-order valence-corrected chi connectivity index (χ1v) is 6.16. The van der Waals surface area contributed by atoms with Gasteiger partial charge in [-0.15, -0.1) is 0 Å². The van der Waals surface area contributed by atoms with Crippen LogP contribution in [-0.2, 0) is 6.54 Å². The zero-order chi connectivity index (χ0) is 14.5. The minimum atomic E-state index is -0.622. The van der Waals surface area contributed by atoms with E-state index in [1.165, 1.54) is 18.2 Å². The highest BCUT2D eigenvalue weighted by molar-refractivity contribution is 6.35. The maximum Gasteiger partial charge on any atom is 0.288 e. The fraction of sp³-hybridized carbons (Fsp3) is 0.167. The second kappa shape index (κ2) is 6.16. The molecule has 0 bridgehead atoms. The average Bonchev–Trinajstić information content (AvgIpc) is 2.91. The van der Waals surface area contributed by atoms with E-state index in [4.69, 9.17) is 11.6 Å². The number of nitro groups is 1.